The summed E-state index contributed by atoms with van der Waals surface area (Å²) >= 11 is 0. The number of rotatable bonds is 1. The fraction of sp³-hybridized carbons (Fsp3) is 0.889. The van der Waals surface area contributed by atoms with Gasteiger partial charge in [0.1, 0.15) is 0 Å². The van der Waals surface area contributed by atoms with E-state index in [1.165, 1.54) is 44.9 Å². The topological polar surface area (TPSA) is 49.4 Å². The summed E-state index contributed by atoms with van der Waals surface area (Å²) < 4.78 is 0. The van der Waals surface area contributed by atoms with Gasteiger partial charge in [-0.05, 0) is 23.3 Å². The molecule has 0 aromatic heterocycles. The summed E-state index contributed by atoms with van der Waals surface area (Å²) in [6.45, 7) is 0. The molecule has 0 unspecified atom stereocenters. The normalized spacial score (nSPS) is 26.2. The van der Waals surface area contributed by atoms with Gasteiger partial charge in [-0.1, -0.05) is 32.1 Å². The second-order valence-electron chi connectivity index (χ2n) is 3.78. The van der Waals surface area contributed by atoms with Crippen LogP contribution in [0.2, 0.25) is 0 Å². The van der Waals surface area contributed by atoms with Crippen LogP contribution in [-0.4, -0.2) is 0 Å². The van der Waals surface area contributed by atoms with Gasteiger partial charge in [-0.2, -0.15) is 0 Å². The number of hydrogen-bond donors (Lipinski definition) is 0. The summed E-state index contributed by atoms with van der Waals surface area (Å²) in [5.41, 5.74) is 0. The van der Waals surface area contributed by atoms with E-state index in [1.54, 1.807) is 0 Å². The van der Waals surface area contributed by atoms with E-state index in [0.717, 1.165) is 6.17 Å². The Hall–Kier alpha value is -0.800. The Morgan fingerprint density at radius 2 is 1.31 bits per heavy atom. The first-order valence-electron chi connectivity index (χ1n) is 5.15. The third kappa shape index (κ3) is 2.32. The number of hydrogen-bond acceptors (Lipinski definition) is 4. The lowest BCUT2D eigenvalue weighted by Crippen LogP contribution is -2.09. The molecule has 1 fully saturated rings. The summed E-state index contributed by atoms with van der Waals surface area (Å²) in [5, 5.41) is 15.0. The van der Waals surface area contributed by atoms with Crippen LogP contribution in [-0.2, 0) is 0 Å². The summed E-state index contributed by atoms with van der Waals surface area (Å²) in [6.07, 6.45) is 10.0. The lowest BCUT2D eigenvalue weighted by molar-refractivity contribution is 0.382. The molecular weight excluding hydrogens is 164 g/mol. The Bertz CT molecular complexity index is 192. The highest BCUT2D eigenvalue weighted by Crippen LogP contribution is 2.33. The SMILES string of the molecule is C1CCCC([C]2N=NN=N2)CCC1. The molecule has 2 rings (SSSR count). The molecule has 71 valence electrons. The van der Waals surface area contributed by atoms with Crippen LogP contribution in [0.15, 0.2) is 20.7 Å². The van der Waals surface area contributed by atoms with Crippen LogP contribution in [0.5, 0.6) is 0 Å². The van der Waals surface area contributed by atoms with Gasteiger partial charge in [0.25, 0.3) is 0 Å². The molecule has 0 saturated heterocycles. The molecule has 2 aliphatic rings. The maximum atomic E-state index is 3.94. The Morgan fingerprint density at radius 3 is 1.92 bits per heavy atom. The van der Waals surface area contributed by atoms with Crippen LogP contribution in [0.25, 0.3) is 0 Å². The van der Waals surface area contributed by atoms with Crippen molar-refractivity contribution < 1.29 is 0 Å². The molecule has 1 saturated carbocycles. The minimum Gasteiger partial charge on any atom is -0.129 e. The van der Waals surface area contributed by atoms with Crippen molar-refractivity contribution in [1.29, 1.82) is 0 Å². The van der Waals surface area contributed by atoms with Crippen molar-refractivity contribution in [2.75, 3.05) is 0 Å². The second-order valence-corrected chi connectivity index (χ2v) is 3.78. The van der Waals surface area contributed by atoms with Crippen LogP contribution in [0.3, 0.4) is 0 Å². The molecule has 0 atom stereocenters. The van der Waals surface area contributed by atoms with Crippen molar-refractivity contribution in [2.24, 2.45) is 26.6 Å². The minimum atomic E-state index is 0.523. The minimum absolute atomic E-state index is 0.523. The molecular formula is C9H15N4. The van der Waals surface area contributed by atoms with Gasteiger partial charge in [0.05, 0.1) is 0 Å². The van der Waals surface area contributed by atoms with Crippen molar-refractivity contribution >= 4 is 0 Å². The summed E-state index contributed by atoms with van der Waals surface area (Å²) in [7, 11) is 0. The molecule has 0 bridgehead atoms. The molecule has 4 heteroatoms. The van der Waals surface area contributed by atoms with Crippen molar-refractivity contribution in [1.82, 2.24) is 0 Å². The Balaban J connectivity index is 1.88. The highest BCUT2D eigenvalue weighted by atomic mass is 15.6. The molecule has 0 aromatic carbocycles. The van der Waals surface area contributed by atoms with Gasteiger partial charge < -0.3 is 0 Å². The molecule has 4 nitrogen and oxygen atoms in total. The molecule has 1 heterocycles. The highest BCUT2D eigenvalue weighted by Gasteiger charge is 2.25. The summed E-state index contributed by atoms with van der Waals surface area (Å²) in [5.74, 6) is 0.523. The van der Waals surface area contributed by atoms with Crippen LogP contribution < -0.4 is 0 Å². The van der Waals surface area contributed by atoms with Gasteiger partial charge in [-0.15, -0.1) is 10.2 Å². The Morgan fingerprint density at radius 1 is 0.769 bits per heavy atom. The third-order valence-corrected chi connectivity index (χ3v) is 2.80. The van der Waals surface area contributed by atoms with Gasteiger partial charge in [0, 0.05) is 5.92 Å². The largest absolute Gasteiger partial charge is 0.246 e. The van der Waals surface area contributed by atoms with Gasteiger partial charge in [0.2, 0.25) is 6.17 Å². The average Bonchev–Trinajstić information content (AvgIpc) is 2.55. The van der Waals surface area contributed by atoms with Crippen LogP contribution >= 0.6 is 0 Å². The average molecular weight is 179 g/mol. The Kier molecular flexibility index (Phi) is 3.00. The van der Waals surface area contributed by atoms with Crippen molar-refractivity contribution in [2.45, 2.75) is 44.9 Å². The van der Waals surface area contributed by atoms with Gasteiger partial charge in [-0.25, -0.2) is 0 Å². The van der Waals surface area contributed by atoms with E-state index < -0.39 is 0 Å². The molecule has 0 spiro atoms. The molecule has 13 heavy (non-hydrogen) atoms. The van der Waals surface area contributed by atoms with E-state index in [1.807, 2.05) is 0 Å². The van der Waals surface area contributed by atoms with E-state index in [-0.39, 0.29) is 0 Å². The molecule has 0 N–H and O–H groups in total. The standard InChI is InChI=1S/C9H15N4/c1-2-4-6-8(7-5-3-1)9-10-12-13-11-9/h8H,1-7H2. The van der Waals surface area contributed by atoms with Crippen LogP contribution in [0, 0.1) is 12.1 Å². The van der Waals surface area contributed by atoms with E-state index >= 15 is 0 Å². The first-order valence-corrected chi connectivity index (χ1v) is 5.15. The summed E-state index contributed by atoms with van der Waals surface area (Å²) in [4.78, 5) is 0. The van der Waals surface area contributed by atoms with E-state index in [9.17, 15) is 0 Å². The van der Waals surface area contributed by atoms with E-state index in [4.69, 9.17) is 0 Å². The van der Waals surface area contributed by atoms with Crippen molar-refractivity contribution in [3.05, 3.63) is 6.17 Å². The Labute approximate surface area is 78.5 Å². The maximum Gasteiger partial charge on any atom is 0.246 e. The molecule has 1 aliphatic heterocycles. The van der Waals surface area contributed by atoms with Gasteiger partial charge in [-0.3, -0.25) is 0 Å². The van der Waals surface area contributed by atoms with E-state index in [2.05, 4.69) is 20.7 Å². The van der Waals surface area contributed by atoms with Gasteiger partial charge >= 0.3 is 0 Å². The predicted molar refractivity (Wildman–Crippen MR) is 48.8 cm³/mol. The zero-order chi connectivity index (χ0) is 8.93. The zero-order valence-corrected chi connectivity index (χ0v) is 7.82. The van der Waals surface area contributed by atoms with Crippen molar-refractivity contribution in [3.8, 4) is 0 Å². The second kappa shape index (κ2) is 4.44. The first kappa shape index (κ1) is 8.78. The lowest BCUT2D eigenvalue weighted by Gasteiger charge is -2.18. The smallest absolute Gasteiger partial charge is 0.129 e. The van der Waals surface area contributed by atoms with E-state index in [0.29, 0.717) is 5.92 Å². The molecule has 1 radical (unpaired) electrons. The zero-order valence-electron chi connectivity index (χ0n) is 7.82. The van der Waals surface area contributed by atoms with Crippen LogP contribution in [0.4, 0.5) is 0 Å². The van der Waals surface area contributed by atoms with Crippen LogP contribution in [0.1, 0.15) is 44.9 Å². The fourth-order valence-corrected chi connectivity index (χ4v) is 2.03. The first-order chi connectivity index (χ1) is 6.47. The molecule has 1 aliphatic carbocycles. The maximum absolute atomic E-state index is 3.94. The van der Waals surface area contributed by atoms with Crippen molar-refractivity contribution in [3.63, 3.8) is 0 Å². The third-order valence-electron chi connectivity index (χ3n) is 2.80. The quantitative estimate of drug-likeness (QED) is 0.589. The predicted octanol–water partition coefficient (Wildman–Crippen LogP) is 3.67. The highest BCUT2D eigenvalue weighted by molar-refractivity contribution is 4.91. The number of nitrogens with zero attached hydrogens (tertiary/aromatic N) is 4. The molecule has 0 aromatic rings. The monoisotopic (exact) mass is 179 g/mol. The van der Waals surface area contributed by atoms with Gasteiger partial charge in [0.15, 0.2) is 0 Å². The molecule has 0 amide bonds. The lowest BCUT2D eigenvalue weighted by atomic mass is 9.89. The summed E-state index contributed by atoms with van der Waals surface area (Å²) in [6, 6.07) is 0. The fourth-order valence-electron chi connectivity index (χ4n) is 2.03.